The molecule has 1 N–H and O–H groups in total. The van der Waals surface area contributed by atoms with Gasteiger partial charge in [0.1, 0.15) is 11.6 Å². The number of hydrogen-bond acceptors (Lipinski definition) is 5. The van der Waals surface area contributed by atoms with Crippen LogP contribution in [-0.4, -0.2) is 52.2 Å². The third-order valence-corrected chi connectivity index (χ3v) is 4.98. The summed E-state index contributed by atoms with van der Waals surface area (Å²) in [6.07, 6.45) is 2.49. The minimum Gasteiger partial charge on any atom is -0.455 e. The van der Waals surface area contributed by atoms with Gasteiger partial charge in [-0.3, -0.25) is 14.4 Å². The van der Waals surface area contributed by atoms with Crippen molar-refractivity contribution < 1.29 is 23.5 Å². The molecule has 0 radical (unpaired) electrons. The molecule has 2 amide bonds. The number of carbonyl (C=O) groups is 3. The van der Waals surface area contributed by atoms with Crippen LogP contribution in [0.1, 0.15) is 43.1 Å². The van der Waals surface area contributed by atoms with Gasteiger partial charge in [0, 0.05) is 30.8 Å². The van der Waals surface area contributed by atoms with Gasteiger partial charge in [0.25, 0.3) is 11.8 Å². The van der Waals surface area contributed by atoms with Gasteiger partial charge in [-0.15, -0.1) is 0 Å². The number of hydrogen-bond donors (Lipinski definition) is 1. The molecule has 0 aliphatic carbocycles. The molecule has 0 atom stereocenters. The smallest absolute Gasteiger partial charge is 0.309 e. The lowest BCUT2D eigenvalue weighted by atomic mass is 9.96. The average molecular weight is 416 g/mol. The number of aromatic nitrogens is 2. The lowest BCUT2D eigenvalue weighted by Crippen LogP contribution is -2.41. The van der Waals surface area contributed by atoms with Crippen LogP contribution in [0, 0.1) is 11.7 Å². The van der Waals surface area contributed by atoms with Crippen molar-refractivity contribution >= 4 is 23.6 Å². The fraction of sp³-hybridized carbons (Fsp3) is 0.429. The lowest BCUT2D eigenvalue weighted by Gasteiger charge is -2.31. The fourth-order valence-corrected chi connectivity index (χ4v) is 3.35. The number of halogens is 1. The number of amides is 2. The molecule has 2 aromatic rings. The standard InChI is InChI=1S/C21H25FN4O4/c1-14(2)26-18(7-10-23-26)24-19(27)13-30-21(29)16-8-11-25(12-9-16)20(28)15-3-5-17(22)6-4-15/h3-7,10,14,16H,8-9,11-13H2,1-2H3,(H,24,27). The molecule has 1 saturated heterocycles. The number of nitrogens with one attached hydrogen (secondary N) is 1. The average Bonchev–Trinajstić information content (AvgIpc) is 3.20. The predicted molar refractivity (Wildman–Crippen MR) is 107 cm³/mol. The van der Waals surface area contributed by atoms with Crippen LogP contribution in [0.5, 0.6) is 0 Å². The zero-order valence-corrected chi connectivity index (χ0v) is 17.0. The molecule has 1 aromatic carbocycles. The number of rotatable bonds is 6. The third kappa shape index (κ3) is 5.22. The van der Waals surface area contributed by atoms with E-state index in [4.69, 9.17) is 4.74 Å². The minimum atomic E-state index is -0.448. The van der Waals surface area contributed by atoms with Gasteiger partial charge in [0.15, 0.2) is 6.61 Å². The van der Waals surface area contributed by atoms with Gasteiger partial charge in [-0.05, 0) is 51.0 Å². The fourth-order valence-electron chi connectivity index (χ4n) is 3.35. The first-order valence-electron chi connectivity index (χ1n) is 9.90. The van der Waals surface area contributed by atoms with Crippen molar-refractivity contribution in [1.82, 2.24) is 14.7 Å². The summed E-state index contributed by atoms with van der Waals surface area (Å²) in [6, 6.07) is 7.14. The normalized spacial score (nSPS) is 14.6. The number of esters is 1. The summed E-state index contributed by atoms with van der Waals surface area (Å²) < 4.78 is 19.8. The van der Waals surface area contributed by atoms with Crippen LogP contribution < -0.4 is 5.32 Å². The van der Waals surface area contributed by atoms with Crippen LogP contribution in [0.3, 0.4) is 0 Å². The molecule has 0 saturated carbocycles. The SMILES string of the molecule is CC(C)n1nccc1NC(=O)COC(=O)C1CCN(C(=O)c2ccc(F)cc2)CC1. The lowest BCUT2D eigenvalue weighted by molar-refractivity contribution is -0.152. The summed E-state index contributed by atoms with van der Waals surface area (Å²) in [7, 11) is 0. The van der Waals surface area contributed by atoms with Gasteiger partial charge in [-0.2, -0.15) is 5.10 Å². The Kier molecular flexibility index (Phi) is 6.81. The maximum atomic E-state index is 13.0. The zero-order chi connectivity index (χ0) is 21.7. The Labute approximate surface area is 174 Å². The van der Waals surface area contributed by atoms with Crippen molar-refractivity contribution in [3.05, 3.63) is 47.9 Å². The van der Waals surface area contributed by atoms with E-state index in [2.05, 4.69) is 10.4 Å². The van der Waals surface area contributed by atoms with E-state index in [0.717, 1.165) is 0 Å². The van der Waals surface area contributed by atoms with E-state index in [9.17, 15) is 18.8 Å². The minimum absolute atomic E-state index is 0.0839. The summed E-state index contributed by atoms with van der Waals surface area (Å²) in [5.41, 5.74) is 0.412. The summed E-state index contributed by atoms with van der Waals surface area (Å²) >= 11 is 0. The van der Waals surface area contributed by atoms with Gasteiger partial charge in [0.2, 0.25) is 0 Å². The van der Waals surface area contributed by atoms with Crippen molar-refractivity contribution in [2.24, 2.45) is 5.92 Å². The Bertz CT molecular complexity index is 902. The molecule has 1 aromatic heterocycles. The van der Waals surface area contributed by atoms with E-state index >= 15 is 0 Å². The molecule has 2 heterocycles. The molecule has 0 bridgehead atoms. The van der Waals surface area contributed by atoms with E-state index in [0.29, 0.717) is 37.3 Å². The summed E-state index contributed by atoms with van der Waals surface area (Å²) in [5.74, 6) is -1.30. The molecule has 160 valence electrons. The number of ether oxygens (including phenoxy) is 1. The van der Waals surface area contributed by atoms with Crippen LogP contribution in [0.4, 0.5) is 10.2 Å². The van der Waals surface area contributed by atoms with Crippen molar-refractivity contribution in [3.63, 3.8) is 0 Å². The maximum absolute atomic E-state index is 13.0. The predicted octanol–water partition coefficient (Wildman–Crippen LogP) is 2.64. The van der Waals surface area contributed by atoms with E-state index in [1.165, 1.54) is 24.3 Å². The molecule has 1 aliphatic heterocycles. The van der Waals surface area contributed by atoms with Crippen molar-refractivity contribution in [1.29, 1.82) is 0 Å². The van der Waals surface area contributed by atoms with Gasteiger partial charge in [-0.25, -0.2) is 9.07 Å². The highest BCUT2D eigenvalue weighted by atomic mass is 19.1. The van der Waals surface area contributed by atoms with Gasteiger partial charge in [-0.1, -0.05) is 0 Å². The van der Waals surface area contributed by atoms with Crippen molar-refractivity contribution in [2.45, 2.75) is 32.7 Å². The van der Waals surface area contributed by atoms with Crippen LogP contribution in [0.15, 0.2) is 36.5 Å². The molecule has 0 spiro atoms. The number of carbonyl (C=O) groups excluding carboxylic acids is 3. The molecule has 0 unspecified atom stereocenters. The van der Waals surface area contributed by atoms with Crippen molar-refractivity contribution in [2.75, 3.05) is 25.0 Å². The van der Waals surface area contributed by atoms with Gasteiger partial charge in [0.05, 0.1) is 12.1 Å². The molecule has 3 rings (SSSR count). The van der Waals surface area contributed by atoms with Gasteiger partial charge < -0.3 is 15.0 Å². The second kappa shape index (κ2) is 9.51. The Morgan fingerprint density at radius 2 is 1.83 bits per heavy atom. The highest BCUT2D eigenvalue weighted by Crippen LogP contribution is 2.21. The summed E-state index contributed by atoms with van der Waals surface area (Å²) in [4.78, 5) is 38.5. The summed E-state index contributed by atoms with van der Waals surface area (Å²) in [6.45, 7) is 4.30. The van der Waals surface area contributed by atoms with Crippen molar-refractivity contribution in [3.8, 4) is 0 Å². The first-order chi connectivity index (χ1) is 14.3. The third-order valence-electron chi connectivity index (χ3n) is 4.98. The Morgan fingerprint density at radius 1 is 1.17 bits per heavy atom. The zero-order valence-electron chi connectivity index (χ0n) is 17.0. The van der Waals surface area contributed by atoms with Gasteiger partial charge >= 0.3 is 5.97 Å². The topological polar surface area (TPSA) is 93.5 Å². The molecular weight excluding hydrogens is 391 g/mol. The highest BCUT2D eigenvalue weighted by molar-refractivity contribution is 5.94. The molecule has 1 aliphatic rings. The van der Waals surface area contributed by atoms with Crippen LogP contribution in [0.2, 0.25) is 0 Å². The number of anilines is 1. The van der Waals surface area contributed by atoms with Crippen LogP contribution in [-0.2, 0) is 14.3 Å². The number of benzene rings is 1. The Balaban J connectivity index is 1.44. The van der Waals surface area contributed by atoms with Crippen LogP contribution >= 0.6 is 0 Å². The largest absolute Gasteiger partial charge is 0.455 e. The molecule has 30 heavy (non-hydrogen) atoms. The molecule has 8 nitrogen and oxygen atoms in total. The maximum Gasteiger partial charge on any atom is 0.309 e. The molecule has 1 fully saturated rings. The number of nitrogens with zero attached hydrogens (tertiary/aromatic N) is 3. The first kappa shape index (κ1) is 21.5. The summed E-state index contributed by atoms with van der Waals surface area (Å²) in [5, 5.41) is 6.81. The monoisotopic (exact) mass is 416 g/mol. The Hall–Kier alpha value is -3.23. The van der Waals surface area contributed by atoms with E-state index < -0.39 is 17.7 Å². The van der Waals surface area contributed by atoms with E-state index in [1.54, 1.807) is 21.8 Å². The molecule has 9 heteroatoms. The number of piperidine rings is 1. The second-order valence-corrected chi connectivity index (χ2v) is 7.48. The first-order valence-corrected chi connectivity index (χ1v) is 9.90. The van der Waals surface area contributed by atoms with E-state index in [-0.39, 0.29) is 24.5 Å². The van der Waals surface area contributed by atoms with Crippen LogP contribution in [0.25, 0.3) is 0 Å². The Morgan fingerprint density at radius 3 is 2.47 bits per heavy atom. The highest BCUT2D eigenvalue weighted by Gasteiger charge is 2.29. The number of likely N-dealkylation sites (tertiary alicyclic amines) is 1. The quantitative estimate of drug-likeness (QED) is 0.731. The second-order valence-electron chi connectivity index (χ2n) is 7.48. The van der Waals surface area contributed by atoms with E-state index in [1.807, 2.05) is 13.8 Å². The molecular formula is C21H25FN4O4.